The second-order valence-corrected chi connectivity index (χ2v) is 7.42. The Morgan fingerprint density at radius 1 is 1.03 bits per heavy atom. The molecule has 1 aliphatic heterocycles. The van der Waals surface area contributed by atoms with Crippen molar-refractivity contribution in [2.24, 2.45) is 0 Å². The predicted octanol–water partition coefficient (Wildman–Crippen LogP) is 4.64. The SMILES string of the molecule is CCOc1ccc(/C(O)=C2/C(=O)C(=O)N(c3ccc(F)cc3)C2c2ccccn2)c(OCC)c1. The van der Waals surface area contributed by atoms with Crippen LogP contribution in [-0.4, -0.2) is 35.0 Å². The number of aliphatic hydroxyl groups is 1. The number of ketones is 1. The van der Waals surface area contributed by atoms with E-state index in [1.165, 1.54) is 35.4 Å². The van der Waals surface area contributed by atoms with Crippen molar-refractivity contribution >= 4 is 23.1 Å². The number of amides is 1. The van der Waals surface area contributed by atoms with Gasteiger partial charge in [-0.05, 0) is 62.4 Å². The molecule has 1 unspecified atom stereocenters. The molecule has 1 fully saturated rings. The maximum atomic E-state index is 13.5. The standard InChI is InChI=1S/C26H23FN2O5/c1-3-33-18-12-13-19(21(15-18)34-4-2)24(30)22-23(20-7-5-6-14-28-20)29(26(32)25(22)31)17-10-8-16(27)9-11-17/h5-15,23,30H,3-4H2,1-2H3/b24-22-. The quantitative estimate of drug-likeness (QED) is 0.313. The zero-order valence-corrected chi connectivity index (χ0v) is 18.7. The lowest BCUT2D eigenvalue weighted by Gasteiger charge is -2.24. The minimum atomic E-state index is -1.02. The first-order chi connectivity index (χ1) is 16.5. The average Bonchev–Trinajstić information content (AvgIpc) is 3.11. The molecule has 0 bridgehead atoms. The highest BCUT2D eigenvalue weighted by Crippen LogP contribution is 2.43. The number of aromatic nitrogens is 1. The van der Waals surface area contributed by atoms with Crippen LogP contribution >= 0.6 is 0 Å². The Morgan fingerprint density at radius 2 is 1.76 bits per heavy atom. The van der Waals surface area contributed by atoms with Crippen molar-refractivity contribution in [3.8, 4) is 11.5 Å². The maximum absolute atomic E-state index is 13.5. The topological polar surface area (TPSA) is 89.0 Å². The lowest BCUT2D eigenvalue weighted by Crippen LogP contribution is -2.29. The Bertz CT molecular complexity index is 1240. The summed E-state index contributed by atoms with van der Waals surface area (Å²) >= 11 is 0. The van der Waals surface area contributed by atoms with Crippen molar-refractivity contribution in [2.75, 3.05) is 18.1 Å². The normalized spacial score (nSPS) is 17.1. The number of benzene rings is 2. The fourth-order valence-corrected chi connectivity index (χ4v) is 3.89. The number of nitrogens with zero attached hydrogens (tertiary/aromatic N) is 2. The Morgan fingerprint density at radius 3 is 2.41 bits per heavy atom. The van der Waals surface area contributed by atoms with Crippen LogP contribution < -0.4 is 14.4 Å². The molecule has 4 rings (SSSR count). The van der Waals surface area contributed by atoms with E-state index < -0.39 is 29.3 Å². The number of carbonyl (C=O) groups excluding carboxylic acids is 2. The first-order valence-electron chi connectivity index (χ1n) is 10.8. The number of carbonyl (C=O) groups is 2. The van der Waals surface area contributed by atoms with Crippen LogP contribution in [0.5, 0.6) is 11.5 Å². The summed E-state index contributed by atoms with van der Waals surface area (Å²) in [5.41, 5.74) is 0.771. The van der Waals surface area contributed by atoms with Gasteiger partial charge in [-0.1, -0.05) is 6.07 Å². The molecule has 3 aromatic rings. The zero-order chi connectivity index (χ0) is 24.2. The molecular formula is C26H23FN2O5. The van der Waals surface area contributed by atoms with Crippen LogP contribution in [0.3, 0.4) is 0 Å². The van der Waals surface area contributed by atoms with Gasteiger partial charge in [0, 0.05) is 18.0 Å². The molecule has 2 heterocycles. The summed E-state index contributed by atoms with van der Waals surface area (Å²) in [6.45, 7) is 4.39. The number of hydrogen-bond donors (Lipinski definition) is 1. The maximum Gasteiger partial charge on any atom is 0.300 e. The van der Waals surface area contributed by atoms with Gasteiger partial charge in [-0.25, -0.2) is 4.39 Å². The van der Waals surface area contributed by atoms with Crippen molar-refractivity contribution in [2.45, 2.75) is 19.9 Å². The lowest BCUT2D eigenvalue weighted by atomic mass is 9.97. The zero-order valence-electron chi connectivity index (χ0n) is 18.7. The second-order valence-electron chi connectivity index (χ2n) is 7.42. The molecule has 8 heteroatoms. The Balaban J connectivity index is 1.92. The molecule has 174 valence electrons. The van der Waals surface area contributed by atoms with Crippen molar-refractivity contribution < 1.29 is 28.6 Å². The van der Waals surface area contributed by atoms with E-state index in [9.17, 15) is 19.1 Å². The molecule has 34 heavy (non-hydrogen) atoms. The number of rotatable bonds is 7. The molecule has 1 aromatic heterocycles. The molecule has 0 aliphatic carbocycles. The van der Waals surface area contributed by atoms with E-state index in [2.05, 4.69) is 4.98 Å². The first kappa shape index (κ1) is 23.0. The summed E-state index contributed by atoms with van der Waals surface area (Å²) in [5.74, 6) is -1.77. The van der Waals surface area contributed by atoms with E-state index in [0.717, 1.165) is 0 Å². The van der Waals surface area contributed by atoms with Crippen molar-refractivity contribution in [3.05, 3.63) is 89.5 Å². The number of halogens is 1. The van der Waals surface area contributed by atoms with Crippen molar-refractivity contribution in [3.63, 3.8) is 0 Å². The summed E-state index contributed by atoms with van der Waals surface area (Å²) in [4.78, 5) is 31.9. The predicted molar refractivity (Wildman–Crippen MR) is 124 cm³/mol. The van der Waals surface area contributed by atoms with E-state index in [-0.39, 0.29) is 11.1 Å². The van der Waals surface area contributed by atoms with Gasteiger partial charge in [0.1, 0.15) is 29.1 Å². The Kier molecular flexibility index (Phi) is 6.58. The van der Waals surface area contributed by atoms with Crippen LogP contribution in [0, 0.1) is 5.82 Å². The first-order valence-corrected chi connectivity index (χ1v) is 10.8. The molecule has 0 radical (unpaired) electrons. The molecule has 2 aromatic carbocycles. The summed E-state index contributed by atoms with van der Waals surface area (Å²) in [6.07, 6.45) is 1.53. The smallest absolute Gasteiger partial charge is 0.300 e. The lowest BCUT2D eigenvalue weighted by molar-refractivity contribution is -0.132. The Labute approximate surface area is 196 Å². The third-order valence-corrected chi connectivity index (χ3v) is 5.34. The molecular weight excluding hydrogens is 439 g/mol. The number of pyridine rings is 1. The monoisotopic (exact) mass is 462 g/mol. The van der Waals surface area contributed by atoms with Gasteiger partial charge in [0.2, 0.25) is 0 Å². The minimum absolute atomic E-state index is 0.141. The highest BCUT2D eigenvalue weighted by molar-refractivity contribution is 6.51. The number of hydrogen-bond acceptors (Lipinski definition) is 6. The summed E-state index contributed by atoms with van der Waals surface area (Å²) in [5, 5.41) is 11.3. The molecule has 1 atom stereocenters. The fraction of sp³-hybridized carbons (Fsp3) is 0.192. The van der Waals surface area contributed by atoms with Gasteiger partial charge < -0.3 is 14.6 Å². The highest BCUT2D eigenvalue weighted by Gasteiger charge is 2.47. The van der Waals surface area contributed by atoms with Crippen LogP contribution in [-0.2, 0) is 9.59 Å². The fourth-order valence-electron chi connectivity index (χ4n) is 3.89. The van der Waals surface area contributed by atoms with E-state index in [0.29, 0.717) is 36.1 Å². The third-order valence-electron chi connectivity index (χ3n) is 5.34. The van der Waals surface area contributed by atoms with Crippen LogP contribution in [0.2, 0.25) is 0 Å². The van der Waals surface area contributed by atoms with Gasteiger partial charge in [0.15, 0.2) is 0 Å². The molecule has 0 saturated carbocycles. The molecule has 1 saturated heterocycles. The molecule has 7 nitrogen and oxygen atoms in total. The number of ether oxygens (including phenoxy) is 2. The number of Topliss-reactive ketones (excluding diaryl/α,β-unsaturated/α-hetero) is 1. The van der Waals surface area contributed by atoms with Crippen LogP contribution in [0.15, 0.2) is 72.4 Å². The summed E-state index contributed by atoms with van der Waals surface area (Å²) in [6, 6.07) is 14.1. The minimum Gasteiger partial charge on any atom is -0.507 e. The van der Waals surface area contributed by atoms with Crippen LogP contribution in [0.4, 0.5) is 10.1 Å². The Hall–Kier alpha value is -4.20. The molecule has 1 amide bonds. The number of anilines is 1. The van der Waals surface area contributed by atoms with Crippen LogP contribution in [0.25, 0.3) is 5.76 Å². The highest BCUT2D eigenvalue weighted by atomic mass is 19.1. The summed E-state index contributed by atoms with van der Waals surface area (Å²) in [7, 11) is 0. The van der Waals surface area contributed by atoms with Crippen LogP contribution in [0.1, 0.15) is 31.1 Å². The van der Waals surface area contributed by atoms with E-state index in [4.69, 9.17) is 9.47 Å². The van der Waals surface area contributed by atoms with Gasteiger partial charge in [0.25, 0.3) is 11.7 Å². The largest absolute Gasteiger partial charge is 0.507 e. The van der Waals surface area contributed by atoms with Crippen molar-refractivity contribution in [1.82, 2.24) is 4.98 Å². The van der Waals surface area contributed by atoms with Gasteiger partial charge >= 0.3 is 0 Å². The molecule has 0 spiro atoms. The molecule has 1 aliphatic rings. The van der Waals surface area contributed by atoms with Gasteiger partial charge in [-0.3, -0.25) is 19.5 Å². The second kappa shape index (κ2) is 9.74. The van der Waals surface area contributed by atoms with Crippen molar-refractivity contribution in [1.29, 1.82) is 0 Å². The van der Waals surface area contributed by atoms with Gasteiger partial charge in [0.05, 0.1) is 30.0 Å². The summed E-state index contributed by atoms with van der Waals surface area (Å²) < 4.78 is 24.8. The van der Waals surface area contributed by atoms with Gasteiger partial charge in [-0.2, -0.15) is 0 Å². The third kappa shape index (κ3) is 4.22. The molecule has 1 N–H and O–H groups in total. The van der Waals surface area contributed by atoms with E-state index in [1.54, 1.807) is 43.3 Å². The van der Waals surface area contributed by atoms with Gasteiger partial charge in [-0.15, -0.1) is 0 Å². The number of aliphatic hydroxyl groups excluding tert-OH is 1. The van der Waals surface area contributed by atoms with E-state index in [1.807, 2.05) is 6.92 Å². The average molecular weight is 462 g/mol. The van der Waals surface area contributed by atoms with E-state index >= 15 is 0 Å².